The molecular formula is C11H14N5Na2O7P. The van der Waals surface area contributed by atoms with Crippen LogP contribution in [0, 0.1) is 6.92 Å². The van der Waals surface area contributed by atoms with Crippen molar-refractivity contribution < 1.29 is 82.9 Å². The third-order valence-electron chi connectivity index (χ3n) is 3.39. The van der Waals surface area contributed by atoms with Gasteiger partial charge in [-0.05, 0) is 20.1 Å². The van der Waals surface area contributed by atoms with E-state index in [1.165, 1.54) is 13.1 Å². The van der Waals surface area contributed by atoms with Crippen molar-refractivity contribution in [1.29, 1.82) is 0 Å². The normalized spacial score (nSPS) is 22.0. The third kappa shape index (κ3) is 7.23. The van der Waals surface area contributed by atoms with E-state index in [0.717, 1.165) is 4.57 Å². The Hall–Kier alpha value is 0.0600. The van der Waals surface area contributed by atoms with Crippen LogP contribution in [0.1, 0.15) is 18.2 Å². The molecule has 1 aromatic rings. The Morgan fingerprint density at radius 1 is 1.50 bits per heavy atom. The summed E-state index contributed by atoms with van der Waals surface area (Å²) >= 11 is 0. The Kier molecular flexibility index (Phi) is 11.2. The average Bonchev–Trinajstić information content (AvgIpc) is 2.85. The van der Waals surface area contributed by atoms with Crippen LogP contribution in [0.5, 0.6) is 0 Å². The fourth-order valence-corrected chi connectivity index (χ4v) is 2.63. The first-order valence-corrected chi connectivity index (χ1v) is 8.54. The van der Waals surface area contributed by atoms with Crippen LogP contribution in [-0.2, 0) is 14.0 Å². The summed E-state index contributed by atoms with van der Waals surface area (Å²) in [5.74, 6) is 0. The molecule has 15 heteroatoms. The number of aromatic nitrogens is 2. The van der Waals surface area contributed by atoms with Gasteiger partial charge in [0.15, 0.2) is 0 Å². The van der Waals surface area contributed by atoms with Crippen molar-refractivity contribution in [2.75, 3.05) is 13.0 Å². The molecule has 12 nitrogen and oxygen atoms in total. The van der Waals surface area contributed by atoms with Crippen LogP contribution in [0.3, 0.4) is 0 Å². The van der Waals surface area contributed by atoms with E-state index in [2.05, 4.69) is 15.0 Å². The largest absolute Gasteiger partial charge is 1.00 e. The molecule has 3 atom stereocenters. The Bertz CT molecular complexity index is 818. The van der Waals surface area contributed by atoms with Crippen molar-refractivity contribution in [2.24, 2.45) is 5.11 Å². The summed E-state index contributed by atoms with van der Waals surface area (Å²) in [4.78, 5) is 49.2. The van der Waals surface area contributed by atoms with Crippen LogP contribution in [0.15, 0.2) is 20.9 Å². The second-order valence-electron chi connectivity index (χ2n) is 5.23. The fourth-order valence-electron chi connectivity index (χ4n) is 2.30. The van der Waals surface area contributed by atoms with Gasteiger partial charge in [-0.25, -0.2) is 4.79 Å². The van der Waals surface area contributed by atoms with E-state index < -0.39 is 43.6 Å². The van der Waals surface area contributed by atoms with Crippen molar-refractivity contribution in [1.82, 2.24) is 9.55 Å². The van der Waals surface area contributed by atoms with Crippen molar-refractivity contribution in [3.63, 3.8) is 0 Å². The maximum absolute atomic E-state index is 11.9. The minimum Gasteiger partial charge on any atom is -0.809 e. The van der Waals surface area contributed by atoms with E-state index in [9.17, 15) is 23.9 Å². The van der Waals surface area contributed by atoms with Gasteiger partial charge in [-0.2, -0.15) is 0 Å². The van der Waals surface area contributed by atoms with Gasteiger partial charge >= 0.3 is 64.8 Å². The van der Waals surface area contributed by atoms with Gasteiger partial charge in [0.1, 0.15) is 6.23 Å². The molecule has 2 heterocycles. The average molecular weight is 405 g/mol. The summed E-state index contributed by atoms with van der Waals surface area (Å²) in [7, 11) is -4.83. The third-order valence-corrected chi connectivity index (χ3v) is 3.89. The SMILES string of the molecule is Cc1cn([C@H]2CC(N=[N+]=[N-])[C@@H](COCP(=O)([O-])[O-])O2)c(=O)[nH]c1=O.[Na+].[Na+]. The minimum absolute atomic E-state index is 0. The number of nitrogens with one attached hydrogen (secondary N) is 1. The number of H-pyrrole nitrogens is 1. The predicted octanol–water partition coefficient (Wildman–Crippen LogP) is -7.29. The van der Waals surface area contributed by atoms with Gasteiger partial charge in [-0.1, -0.05) is 5.11 Å². The van der Waals surface area contributed by atoms with Crippen LogP contribution in [0.4, 0.5) is 0 Å². The van der Waals surface area contributed by atoms with Crippen molar-refractivity contribution in [3.8, 4) is 0 Å². The van der Waals surface area contributed by atoms with Gasteiger partial charge in [-0.3, -0.25) is 14.3 Å². The summed E-state index contributed by atoms with van der Waals surface area (Å²) < 4.78 is 22.0. The Morgan fingerprint density at radius 3 is 2.73 bits per heavy atom. The molecule has 1 aliphatic heterocycles. The number of hydrogen-bond acceptors (Lipinski definition) is 8. The molecule has 0 bridgehead atoms. The van der Waals surface area contributed by atoms with Crippen LogP contribution >= 0.6 is 7.60 Å². The predicted molar refractivity (Wildman–Crippen MR) is 75.9 cm³/mol. The first kappa shape index (κ1) is 26.1. The second-order valence-corrected chi connectivity index (χ2v) is 6.71. The number of aromatic amines is 1. The molecule has 1 fully saturated rings. The molecule has 0 saturated carbocycles. The van der Waals surface area contributed by atoms with Crippen molar-refractivity contribution in [2.45, 2.75) is 31.7 Å². The number of nitrogens with zero attached hydrogens (tertiary/aromatic N) is 4. The van der Waals surface area contributed by atoms with Gasteiger partial charge < -0.3 is 23.8 Å². The zero-order chi connectivity index (χ0) is 17.9. The minimum atomic E-state index is -4.83. The van der Waals surface area contributed by atoms with Crippen LogP contribution < -0.4 is 80.2 Å². The van der Waals surface area contributed by atoms with Crippen molar-refractivity contribution >= 4 is 7.60 Å². The van der Waals surface area contributed by atoms with E-state index in [-0.39, 0.29) is 77.7 Å². The molecule has 26 heavy (non-hydrogen) atoms. The Balaban J connectivity index is 0.00000312. The summed E-state index contributed by atoms with van der Waals surface area (Å²) in [5, 5.41) is 3.53. The zero-order valence-electron chi connectivity index (χ0n) is 14.5. The first-order chi connectivity index (χ1) is 11.2. The quantitative estimate of drug-likeness (QED) is 0.160. The monoisotopic (exact) mass is 405 g/mol. The molecule has 132 valence electrons. The van der Waals surface area contributed by atoms with Gasteiger partial charge in [0, 0.05) is 23.1 Å². The first-order valence-electron chi connectivity index (χ1n) is 6.82. The van der Waals surface area contributed by atoms with Gasteiger partial charge in [0.2, 0.25) is 0 Å². The number of hydrogen-bond donors (Lipinski definition) is 1. The number of rotatable bonds is 6. The van der Waals surface area contributed by atoms with E-state index in [4.69, 9.17) is 15.0 Å². The molecule has 0 spiro atoms. The smallest absolute Gasteiger partial charge is 0.809 e. The maximum atomic E-state index is 11.9. The molecule has 1 unspecified atom stereocenters. The standard InChI is InChI=1S/C11H16N5O7P.2Na/c1-6-3-16(11(18)13-10(6)17)9-2-7(14-15-12)8(23-9)4-22-5-24(19,20)21;;/h3,7-9H,2,4-5H2,1H3,(H,13,17,18)(H2,19,20,21);;/q;2*+1/p-2/t7?,8-,9-;;/m1../s1. The van der Waals surface area contributed by atoms with Crippen LogP contribution in [0.2, 0.25) is 0 Å². The molecule has 1 aromatic heterocycles. The summed E-state index contributed by atoms with van der Waals surface area (Å²) in [5.41, 5.74) is 7.66. The van der Waals surface area contributed by atoms with E-state index >= 15 is 0 Å². The number of ether oxygens (including phenoxy) is 2. The Labute approximate surface area is 191 Å². The summed E-state index contributed by atoms with van der Waals surface area (Å²) in [6, 6.07) is -0.725. The molecule has 0 aromatic carbocycles. The van der Waals surface area contributed by atoms with Gasteiger partial charge in [-0.15, -0.1) is 0 Å². The van der Waals surface area contributed by atoms with Crippen LogP contribution in [0.25, 0.3) is 10.4 Å². The molecule has 1 N–H and O–H groups in total. The molecule has 0 aliphatic carbocycles. The molecule has 2 rings (SSSR count). The second kappa shape index (κ2) is 11.2. The molecular weight excluding hydrogens is 391 g/mol. The van der Waals surface area contributed by atoms with E-state index in [1.807, 2.05) is 0 Å². The number of azide groups is 1. The molecule has 0 radical (unpaired) electrons. The van der Waals surface area contributed by atoms with Gasteiger partial charge in [0.05, 0.1) is 25.1 Å². The topological polar surface area (TPSA) is 185 Å². The van der Waals surface area contributed by atoms with Crippen molar-refractivity contribution in [3.05, 3.63) is 43.0 Å². The summed E-state index contributed by atoms with van der Waals surface area (Å²) in [6.45, 7) is 1.21. The van der Waals surface area contributed by atoms with E-state index in [0.29, 0.717) is 0 Å². The summed E-state index contributed by atoms with van der Waals surface area (Å²) in [6.07, 6.45) is -1.25. The van der Waals surface area contributed by atoms with E-state index in [1.54, 1.807) is 0 Å². The molecule has 1 aliphatic rings. The number of aryl methyl sites for hydroxylation is 1. The fraction of sp³-hybridized carbons (Fsp3) is 0.636. The van der Waals surface area contributed by atoms with Crippen LogP contribution in [-0.4, -0.2) is 34.7 Å². The maximum Gasteiger partial charge on any atom is 1.00 e. The Morgan fingerprint density at radius 2 is 2.15 bits per heavy atom. The zero-order valence-corrected chi connectivity index (χ0v) is 19.4. The molecule has 1 saturated heterocycles. The molecule has 0 amide bonds. The van der Waals surface area contributed by atoms with Gasteiger partial charge in [0.25, 0.3) is 5.56 Å².